The third-order valence-electron chi connectivity index (χ3n) is 7.53. The summed E-state index contributed by atoms with van der Waals surface area (Å²) in [4.78, 5) is 9.10. The van der Waals surface area contributed by atoms with Gasteiger partial charge in [-0.1, -0.05) is 0 Å². The molecule has 3 N–H and O–H groups in total. The maximum absolute atomic E-state index is 10.2. The zero-order valence-electron chi connectivity index (χ0n) is 26.2. The fourth-order valence-corrected chi connectivity index (χ4v) is 5.61. The second-order valence-corrected chi connectivity index (χ2v) is 12.3. The van der Waals surface area contributed by atoms with Gasteiger partial charge in [0.2, 0.25) is 0 Å². The van der Waals surface area contributed by atoms with Crippen molar-refractivity contribution >= 4 is 12.4 Å². The molecule has 0 spiro atoms. The first-order valence-corrected chi connectivity index (χ1v) is 16.3. The molecule has 0 amide bonds. The maximum Gasteiger partial charge on any atom is 0.158 e. The predicted octanol–water partition coefficient (Wildman–Crippen LogP) is 5.36. The zero-order valence-corrected chi connectivity index (χ0v) is 26.2. The van der Waals surface area contributed by atoms with Crippen LogP contribution in [0.4, 0.5) is 0 Å². The highest BCUT2D eigenvalue weighted by Gasteiger charge is 2.32. The molecular formula is C32H60N2O7. The molecule has 2 saturated heterocycles. The normalized spacial score (nSPS) is 29.7. The molecule has 8 atom stereocenters. The molecule has 0 aromatic rings. The van der Waals surface area contributed by atoms with Gasteiger partial charge in [0.1, 0.15) is 0 Å². The number of hydrogen-bond donors (Lipinski definition) is 3. The van der Waals surface area contributed by atoms with Crippen LogP contribution in [0.15, 0.2) is 9.98 Å². The molecule has 0 saturated carbocycles. The first-order chi connectivity index (χ1) is 19.7. The number of rotatable bonds is 21. The third-order valence-corrected chi connectivity index (χ3v) is 7.53. The zero-order chi connectivity index (χ0) is 29.9. The van der Waals surface area contributed by atoms with Crippen molar-refractivity contribution in [1.82, 2.24) is 0 Å². The van der Waals surface area contributed by atoms with Crippen LogP contribution in [0.1, 0.15) is 124 Å². The van der Waals surface area contributed by atoms with Gasteiger partial charge in [0.25, 0.3) is 0 Å². The lowest BCUT2D eigenvalue weighted by Gasteiger charge is -2.37. The Bertz CT molecular complexity index is 694. The average Bonchev–Trinajstić information content (AvgIpc) is 2.87. The summed E-state index contributed by atoms with van der Waals surface area (Å²) in [5.41, 5.74) is 0. The van der Waals surface area contributed by atoms with E-state index in [1.165, 1.54) is 0 Å². The van der Waals surface area contributed by atoms with E-state index in [0.717, 1.165) is 83.7 Å². The van der Waals surface area contributed by atoms with Crippen LogP contribution in [-0.2, 0) is 18.9 Å². The van der Waals surface area contributed by atoms with Crippen molar-refractivity contribution in [3.8, 4) is 0 Å². The molecule has 0 aromatic heterocycles. The van der Waals surface area contributed by atoms with Gasteiger partial charge in [-0.2, -0.15) is 0 Å². The van der Waals surface area contributed by atoms with Crippen molar-refractivity contribution in [3.63, 3.8) is 0 Å². The fraction of sp³-hybridized carbons (Fsp3) is 0.938. The number of aliphatic imine (C=N–C) groups is 2. The van der Waals surface area contributed by atoms with Gasteiger partial charge < -0.3 is 34.3 Å². The Hall–Kier alpha value is -0.940. The SMILES string of the molecule is CC(O)CC(O)CC1CC(CC(C)O)OC(CCCC/N=C/CCCC/C=N/CCCCC2OC(C)CC(C)O2)O1. The standard InChI is InChI=1S/C32H60N2O7/c1-24(35)19-28(37)22-30-23-29(20-25(2)36)40-32(41-30)14-8-12-18-34-16-10-6-5-9-15-33-17-11-7-13-31-38-26(3)21-27(4)39-31/h15-16,24-32,35-37H,5-14,17-23H2,1-4H3/b33-15+,34-16+. The second kappa shape index (κ2) is 21.7. The summed E-state index contributed by atoms with van der Waals surface area (Å²) < 4.78 is 23.8. The second-order valence-electron chi connectivity index (χ2n) is 12.3. The van der Waals surface area contributed by atoms with Gasteiger partial charge >= 0.3 is 0 Å². The van der Waals surface area contributed by atoms with Gasteiger partial charge in [-0.05, 0) is 130 Å². The highest BCUT2D eigenvalue weighted by molar-refractivity contribution is 5.58. The first kappa shape index (κ1) is 36.3. The Labute approximate surface area is 249 Å². The van der Waals surface area contributed by atoms with Gasteiger partial charge in [0, 0.05) is 19.5 Å². The molecule has 41 heavy (non-hydrogen) atoms. The summed E-state index contributed by atoms with van der Waals surface area (Å²) in [5.74, 6) is 0. The molecule has 240 valence electrons. The Morgan fingerprint density at radius 3 is 1.68 bits per heavy atom. The number of nitrogens with zero attached hydrogens (tertiary/aromatic N) is 2. The summed E-state index contributed by atoms with van der Waals surface area (Å²) in [7, 11) is 0. The van der Waals surface area contributed by atoms with Crippen molar-refractivity contribution in [3.05, 3.63) is 0 Å². The number of aliphatic hydroxyl groups is 3. The molecule has 0 aliphatic carbocycles. The van der Waals surface area contributed by atoms with E-state index in [0.29, 0.717) is 37.9 Å². The van der Waals surface area contributed by atoms with Crippen molar-refractivity contribution < 1.29 is 34.3 Å². The van der Waals surface area contributed by atoms with Gasteiger partial charge in [0.05, 0.1) is 42.7 Å². The largest absolute Gasteiger partial charge is 0.393 e. The predicted molar refractivity (Wildman–Crippen MR) is 164 cm³/mol. The smallest absolute Gasteiger partial charge is 0.158 e. The van der Waals surface area contributed by atoms with Gasteiger partial charge in [0.15, 0.2) is 12.6 Å². The molecule has 9 nitrogen and oxygen atoms in total. The molecule has 2 aliphatic rings. The third kappa shape index (κ3) is 18.4. The van der Waals surface area contributed by atoms with Gasteiger partial charge in [-0.3, -0.25) is 9.98 Å². The lowest BCUT2D eigenvalue weighted by Crippen LogP contribution is -2.41. The quantitative estimate of drug-likeness (QED) is 0.123. The van der Waals surface area contributed by atoms with E-state index in [9.17, 15) is 15.3 Å². The summed E-state index contributed by atoms with van der Waals surface area (Å²) in [6.45, 7) is 9.37. The topological polar surface area (TPSA) is 122 Å². The molecule has 2 heterocycles. The van der Waals surface area contributed by atoms with E-state index >= 15 is 0 Å². The highest BCUT2D eigenvalue weighted by Crippen LogP contribution is 2.28. The number of aliphatic hydroxyl groups excluding tert-OH is 3. The summed E-state index contributed by atoms with van der Waals surface area (Å²) in [5, 5.41) is 29.6. The molecule has 8 unspecified atom stereocenters. The van der Waals surface area contributed by atoms with Gasteiger partial charge in [-0.25, -0.2) is 0 Å². The Morgan fingerprint density at radius 1 is 0.659 bits per heavy atom. The summed E-state index contributed by atoms with van der Waals surface area (Å²) >= 11 is 0. The lowest BCUT2D eigenvalue weighted by atomic mass is 9.98. The Morgan fingerprint density at radius 2 is 1.17 bits per heavy atom. The number of ether oxygens (including phenoxy) is 4. The van der Waals surface area contributed by atoms with Crippen LogP contribution in [0.3, 0.4) is 0 Å². The van der Waals surface area contributed by atoms with E-state index in [1.54, 1.807) is 13.8 Å². The number of hydrogen-bond acceptors (Lipinski definition) is 9. The summed E-state index contributed by atoms with van der Waals surface area (Å²) in [6, 6.07) is 0. The van der Waals surface area contributed by atoms with E-state index in [-0.39, 0.29) is 24.8 Å². The molecule has 2 fully saturated rings. The first-order valence-electron chi connectivity index (χ1n) is 16.3. The van der Waals surface area contributed by atoms with E-state index in [1.807, 2.05) is 6.21 Å². The van der Waals surface area contributed by atoms with E-state index in [4.69, 9.17) is 18.9 Å². The minimum atomic E-state index is -0.603. The fourth-order valence-electron chi connectivity index (χ4n) is 5.61. The van der Waals surface area contributed by atoms with Gasteiger partial charge in [-0.15, -0.1) is 0 Å². The Balaban J connectivity index is 1.46. The van der Waals surface area contributed by atoms with Crippen LogP contribution in [0.5, 0.6) is 0 Å². The van der Waals surface area contributed by atoms with Crippen LogP contribution < -0.4 is 0 Å². The molecular weight excluding hydrogens is 524 g/mol. The van der Waals surface area contributed by atoms with Crippen LogP contribution >= 0.6 is 0 Å². The average molecular weight is 585 g/mol. The maximum atomic E-state index is 10.2. The van der Waals surface area contributed by atoms with Crippen molar-refractivity contribution in [2.45, 2.75) is 179 Å². The molecule has 0 bridgehead atoms. The monoisotopic (exact) mass is 584 g/mol. The van der Waals surface area contributed by atoms with Crippen LogP contribution in [0.2, 0.25) is 0 Å². The molecule has 2 aliphatic heterocycles. The van der Waals surface area contributed by atoms with Crippen molar-refractivity contribution in [2.24, 2.45) is 9.98 Å². The molecule has 2 rings (SSSR count). The van der Waals surface area contributed by atoms with E-state index in [2.05, 4.69) is 30.0 Å². The molecule has 0 radical (unpaired) electrons. The Kier molecular flexibility index (Phi) is 19.2. The molecule has 9 heteroatoms. The van der Waals surface area contributed by atoms with Crippen LogP contribution in [-0.4, -0.2) is 96.1 Å². The number of unbranched alkanes of at least 4 members (excludes halogenated alkanes) is 5. The minimum absolute atomic E-state index is 0.0468. The molecule has 0 aromatic carbocycles. The lowest BCUT2D eigenvalue weighted by molar-refractivity contribution is -0.253. The van der Waals surface area contributed by atoms with E-state index < -0.39 is 18.3 Å². The van der Waals surface area contributed by atoms with Crippen LogP contribution in [0.25, 0.3) is 0 Å². The highest BCUT2D eigenvalue weighted by atomic mass is 16.7. The van der Waals surface area contributed by atoms with Crippen LogP contribution in [0, 0.1) is 0 Å². The summed E-state index contributed by atoms with van der Waals surface area (Å²) in [6.07, 6.45) is 15.6. The van der Waals surface area contributed by atoms with Crippen molar-refractivity contribution in [2.75, 3.05) is 13.1 Å². The minimum Gasteiger partial charge on any atom is -0.393 e. The van der Waals surface area contributed by atoms with Crippen molar-refractivity contribution in [1.29, 1.82) is 0 Å².